The predicted octanol–water partition coefficient (Wildman–Crippen LogP) is 3.04. The minimum absolute atomic E-state index is 0.0324. The van der Waals surface area contributed by atoms with E-state index in [0.717, 1.165) is 12.1 Å². The van der Waals surface area contributed by atoms with Gasteiger partial charge in [0.15, 0.2) is 17.2 Å². The number of nitrogens with zero attached hydrogens (tertiary/aromatic N) is 1. The van der Waals surface area contributed by atoms with Gasteiger partial charge in [-0.05, 0) is 30.3 Å². The van der Waals surface area contributed by atoms with E-state index in [1.165, 1.54) is 6.07 Å². The fourth-order valence-electron chi connectivity index (χ4n) is 1.89. The number of benzene rings is 2. The highest BCUT2D eigenvalue weighted by atomic mass is 19.2. The number of aromatic nitrogens is 1. The van der Waals surface area contributed by atoms with Gasteiger partial charge < -0.3 is 9.73 Å². The molecule has 4 nitrogen and oxygen atoms in total. The molecule has 0 unspecified atom stereocenters. The Morgan fingerprint density at radius 1 is 1.14 bits per heavy atom. The van der Waals surface area contributed by atoms with Crippen molar-refractivity contribution in [2.75, 3.05) is 0 Å². The van der Waals surface area contributed by atoms with E-state index in [0.29, 0.717) is 17.0 Å². The molecule has 1 heterocycles. The summed E-state index contributed by atoms with van der Waals surface area (Å²) in [5.41, 5.74) is 1.34. The summed E-state index contributed by atoms with van der Waals surface area (Å²) in [7, 11) is 0. The van der Waals surface area contributed by atoms with Crippen LogP contribution in [0.1, 0.15) is 16.2 Å². The normalized spacial score (nSPS) is 10.8. The summed E-state index contributed by atoms with van der Waals surface area (Å²) in [5.74, 6) is -2.25. The molecule has 1 amide bonds. The topological polar surface area (TPSA) is 55.1 Å². The highest BCUT2D eigenvalue weighted by Gasteiger charge is 2.11. The van der Waals surface area contributed by atoms with E-state index in [-0.39, 0.29) is 12.1 Å². The fourth-order valence-corrected chi connectivity index (χ4v) is 1.89. The lowest BCUT2D eigenvalue weighted by Gasteiger charge is -2.03. The molecule has 0 aliphatic rings. The molecule has 2 aromatic carbocycles. The van der Waals surface area contributed by atoms with E-state index in [9.17, 15) is 13.6 Å². The zero-order chi connectivity index (χ0) is 14.8. The van der Waals surface area contributed by atoms with Crippen LogP contribution in [-0.4, -0.2) is 10.9 Å². The van der Waals surface area contributed by atoms with Gasteiger partial charge in [0.2, 0.25) is 5.89 Å². The van der Waals surface area contributed by atoms with Gasteiger partial charge in [-0.1, -0.05) is 12.1 Å². The SMILES string of the molecule is O=C(NCc1nc2ccccc2o1)c1ccc(F)c(F)c1. The van der Waals surface area contributed by atoms with Crippen molar-refractivity contribution in [3.05, 3.63) is 65.6 Å². The highest BCUT2D eigenvalue weighted by Crippen LogP contribution is 2.14. The molecule has 0 radical (unpaired) electrons. The van der Waals surface area contributed by atoms with Crippen LogP contribution < -0.4 is 5.32 Å². The van der Waals surface area contributed by atoms with Crippen LogP contribution in [-0.2, 0) is 6.54 Å². The van der Waals surface area contributed by atoms with Crippen LogP contribution in [0, 0.1) is 11.6 Å². The van der Waals surface area contributed by atoms with Crippen molar-refractivity contribution < 1.29 is 18.0 Å². The standard InChI is InChI=1S/C15H10F2N2O2/c16-10-6-5-9(7-11(10)17)15(20)18-8-14-19-12-3-1-2-4-13(12)21-14/h1-7H,8H2,(H,18,20). The zero-order valence-corrected chi connectivity index (χ0v) is 10.8. The lowest BCUT2D eigenvalue weighted by molar-refractivity contribution is 0.0947. The largest absolute Gasteiger partial charge is 0.439 e. The van der Waals surface area contributed by atoms with Crippen molar-refractivity contribution in [3.8, 4) is 0 Å². The first-order valence-corrected chi connectivity index (χ1v) is 6.21. The Morgan fingerprint density at radius 3 is 2.71 bits per heavy atom. The summed E-state index contributed by atoms with van der Waals surface area (Å²) >= 11 is 0. The van der Waals surface area contributed by atoms with E-state index in [1.807, 2.05) is 12.1 Å². The van der Waals surface area contributed by atoms with Crippen LogP contribution in [0.5, 0.6) is 0 Å². The number of carbonyl (C=O) groups excluding carboxylic acids is 1. The van der Waals surface area contributed by atoms with Gasteiger partial charge in [0.05, 0.1) is 6.54 Å². The number of nitrogens with one attached hydrogen (secondary N) is 1. The molecule has 0 fully saturated rings. The van der Waals surface area contributed by atoms with E-state index in [1.54, 1.807) is 12.1 Å². The molecule has 0 bridgehead atoms. The maximum absolute atomic E-state index is 13.1. The molecule has 3 aromatic rings. The molecule has 0 aliphatic carbocycles. The Hall–Kier alpha value is -2.76. The molecule has 1 aromatic heterocycles. The van der Waals surface area contributed by atoms with Gasteiger partial charge in [0.1, 0.15) is 5.52 Å². The van der Waals surface area contributed by atoms with Crippen molar-refractivity contribution in [2.24, 2.45) is 0 Å². The number of rotatable bonds is 3. The van der Waals surface area contributed by atoms with Crippen LogP contribution in [0.3, 0.4) is 0 Å². The summed E-state index contributed by atoms with van der Waals surface area (Å²) in [5, 5.41) is 2.54. The van der Waals surface area contributed by atoms with Gasteiger partial charge in [-0.2, -0.15) is 0 Å². The number of fused-ring (bicyclic) bond motifs is 1. The average Bonchev–Trinajstić information content (AvgIpc) is 2.90. The lowest BCUT2D eigenvalue weighted by atomic mass is 10.2. The van der Waals surface area contributed by atoms with Gasteiger partial charge in [0.25, 0.3) is 5.91 Å². The Balaban J connectivity index is 1.71. The summed E-state index contributed by atoms with van der Waals surface area (Å²) in [6.07, 6.45) is 0. The predicted molar refractivity (Wildman–Crippen MR) is 71.5 cm³/mol. The molecule has 21 heavy (non-hydrogen) atoms. The molecule has 3 rings (SSSR count). The Labute approximate surface area is 118 Å². The van der Waals surface area contributed by atoms with Crippen LogP contribution in [0.15, 0.2) is 46.9 Å². The molecular formula is C15H10F2N2O2. The Kier molecular flexibility index (Phi) is 3.35. The van der Waals surface area contributed by atoms with E-state index >= 15 is 0 Å². The zero-order valence-electron chi connectivity index (χ0n) is 10.8. The maximum Gasteiger partial charge on any atom is 0.251 e. The van der Waals surface area contributed by atoms with Gasteiger partial charge >= 0.3 is 0 Å². The number of halogens is 2. The first-order chi connectivity index (χ1) is 10.1. The molecule has 0 saturated carbocycles. The minimum atomic E-state index is -1.07. The first kappa shape index (κ1) is 13.2. The maximum atomic E-state index is 13.1. The lowest BCUT2D eigenvalue weighted by Crippen LogP contribution is -2.23. The molecule has 0 atom stereocenters. The van der Waals surface area contributed by atoms with E-state index in [4.69, 9.17) is 4.42 Å². The molecule has 6 heteroatoms. The van der Waals surface area contributed by atoms with E-state index < -0.39 is 17.5 Å². The number of oxazole rings is 1. The molecule has 0 aliphatic heterocycles. The van der Waals surface area contributed by atoms with Crippen molar-refractivity contribution in [1.29, 1.82) is 0 Å². The van der Waals surface area contributed by atoms with Gasteiger partial charge in [0, 0.05) is 5.56 Å². The first-order valence-electron chi connectivity index (χ1n) is 6.21. The third-order valence-corrected chi connectivity index (χ3v) is 2.92. The van der Waals surface area contributed by atoms with Crippen molar-refractivity contribution in [1.82, 2.24) is 10.3 Å². The van der Waals surface area contributed by atoms with Gasteiger partial charge in [-0.15, -0.1) is 0 Å². The Bertz CT molecular complexity index is 781. The van der Waals surface area contributed by atoms with Crippen LogP contribution in [0.25, 0.3) is 11.1 Å². The molecule has 1 N–H and O–H groups in total. The van der Waals surface area contributed by atoms with Crippen LogP contribution in [0.4, 0.5) is 8.78 Å². The van der Waals surface area contributed by atoms with Crippen LogP contribution >= 0.6 is 0 Å². The molecule has 0 spiro atoms. The summed E-state index contributed by atoms with van der Waals surface area (Å²) in [4.78, 5) is 16.0. The smallest absolute Gasteiger partial charge is 0.251 e. The monoisotopic (exact) mass is 288 g/mol. The second kappa shape index (κ2) is 5.32. The summed E-state index contributed by atoms with van der Waals surface area (Å²) < 4.78 is 31.3. The molecule has 0 saturated heterocycles. The molecule has 106 valence electrons. The molecular weight excluding hydrogens is 278 g/mol. The van der Waals surface area contributed by atoms with Crippen molar-refractivity contribution >= 4 is 17.0 Å². The third-order valence-electron chi connectivity index (χ3n) is 2.92. The fraction of sp³-hybridized carbons (Fsp3) is 0.0667. The quantitative estimate of drug-likeness (QED) is 0.806. The summed E-state index contributed by atoms with van der Waals surface area (Å²) in [6.45, 7) is 0.0620. The van der Waals surface area contributed by atoms with Gasteiger partial charge in [-0.25, -0.2) is 13.8 Å². The highest BCUT2D eigenvalue weighted by molar-refractivity contribution is 5.94. The van der Waals surface area contributed by atoms with Crippen molar-refractivity contribution in [2.45, 2.75) is 6.54 Å². The number of carbonyl (C=O) groups is 1. The summed E-state index contributed by atoms with van der Waals surface area (Å²) in [6, 6.07) is 10.2. The average molecular weight is 288 g/mol. The second-order valence-corrected chi connectivity index (χ2v) is 4.39. The number of hydrogen-bond donors (Lipinski definition) is 1. The number of hydrogen-bond acceptors (Lipinski definition) is 3. The Morgan fingerprint density at radius 2 is 1.95 bits per heavy atom. The van der Waals surface area contributed by atoms with E-state index in [2.05, 4.69) is 10.3 Å². The van der Waals surface area contributed by atoms with Crippen LogP contribution in [0.2, 0.25) is 0 Å². The second-order valence-electron chi connectivity index (χ2n) is 4.39. The third kappa shape index (κ3) is 2.74. The van der Waals surface area contributed by atoms with Crippen molar-refractivity contribution in [3.63, 3.8) is 0 Å². The van der Waals surface area contributed by atoms with Gasteiger partial charge in [-0.3, -0.25) is 4.79 Å². The number of para-hydroxylation sites is 2. The number of amides is 1. The minimum Gasteiger partial charge on any atom is -0.439 e.